The standard InChI is InChI=1S/C17H27N5O4S/c1-10(23)26-25-9-11-6-5-7-22(8-11)14(24)12-13(17(2,3)4)20-16(27-12)21-15(18)19/h11H,5-9H2,1-4H3,(H4,18,19,20,21). The number of aliphatic imine (C=N–C) groups is 1. The van der Waals surface area contributed by atoms with E-state index in [2.05, 4.69) is 14.9 Å². The van der Waals surface area contributed by atoms with Crippen molar-refractivity contribution in [3.8, 4) is 0 Å². The molecule has 1 amide bonds. The summed E-state index contributed by atoms with van der Waals surface area (Å²) in [6, 6.07) is 0. The van der Waals surface area contributed by atoms with Gasteiger partial charge in [-0.15, -0.1) is 0 Å². The van der Waals surface area contributed by atoms with Crippen LogP contribution in [0.4, 0.5) is 5.13 Å². The Balaban J connectivity index is 2.17. The number of amides is 1. The minimum absolute atomic E-state index is 0.0911. The van der Waals surface area contributed by atoms with Gasteiger partial charge in [0.2, 0.25) is 5.13 Å². The monoisotopic (exact) mass is 397 g/mol. The summed E-state index contributed by atoms with van der Waals surface area (Å²) in [5.41, 5.74) is 11.2. The second kappa shape index (κ2) is 8.66. The predicted octanol–water partition coefficient (Wildman–Crippen LogP) is 1.69. The number of hydrogen-bond acceptors (Lipinski definition) is 7. The molecule has 1 aliphatic heterocycles. The van der Waals surface area contributed by atoms with Crippen LogP contribution in [0, 0.1) is 5.92 Å². The molecule has 1 aliphatic rings. The Hall–Kier alpha value is -2.20. The first-order valence-corrected chi connectivity index (χ1v) is 9.60. The van der Waals surface area contributed by atoms with Gasteiger partial charge in [0.1, 0.15) is 4.88 Å². The molecule has 27 heavy (non-hydrogen) atoms. The number of likely N-dealkylation sites (tertiary alicyclic amines) is 1. The van der Waals surface area contributed by atoms with Crippen LogP contribution in [0.3, 0.4) is 0 Å². The number of piperidine rings is 1. The first-order valence-electron chi connectivity index (χ1n) is 8.78. The second-order valence-electron chi connectivity index (χ2n) is 7.58. The molecule has 2 rings (SSSR count). The molecule has 0 saturated carbocycles. The molecule has 1 unspecified atom stereocenters. The number of rotatable bonds is 5. The van der Waals surface area contributed by atoms with Crippen molar-refractivity contribution < 1.29 is 19.4 Å². The summed E-state index contributed by atoms with van der Waals surface area (Å²) < 4.78 is 0. The van der Waals surface area contributed by atoms with Crippen LogP contribution < -0.4 is 11.5 Å². The van der Waals surface area contributed by atoms with Crippen molar-refractivity contribution in [3.05, 3.63) is 10.6 Å². The molecule has 1 fully saturated rings. The Bertz CT molecular complexity index is 721. The molecule has 10 heteroatoms. The van der Waals surface area contributed by atoms with E-state index in [4.69, 9.17) is 16.4 Å². The van der Waals surface area contributed by atoms with Crippen molar-refractivity contribution in [3.63, 3.8) is 0 Å². The fourth-order valence-electron chi connectivity index (χ4n) is 2.86. The molecule has 1 aromatic heterocycles. The van der Waals surface area contributed by atoms with Crippen LogP contribution >= 0.6 is 11.3 Å². The summed E-state index contributed by atoms with van der Waals surface area (Å²) in [4.78, 5) is 44.2. The molecule has 1 aromatic rings. The number of guanidine groups is 1. The van der Waals surface area contributed by atoms with E-state index in [0.717, 1.165) is 12.8 Å². The highest BCUT2D eigenvalue weighted by Gasteiger charge is 2.32. The topological polar surface area (TPSA) is 133 Å². The highest BCUT2D eigenvalue weighted by Crippen LogP contribution is 2.35. The van der Waals surface area contributed by atoms with E-state index in [1.807, 2.05) is 20.8 Å². The Labute approximate surface area is 162 Å². The van der Waals surface area contributed by atoms with Crippen LogP contribution in [0.5, 0.6) is 0 Å². The highest BCUT2D eigenvalue weighted by molar-refractivity contribution is 7.17. The highest BCUT2D eigenvalue weighted by atomic mass is 32.1. The zero-order valence-electron chi connectivity index (χ0n) is 16.2. The van der Waals surface area contributed by atoms with Crippen LogP contribution in [-0.2, 0) is 20.0 Å². The van der Waals surface area contributed by atoms with Gasteiger partial charge in [-0.3, -0.25) is 9.68 Å². The van der Waals surface area contributed by atoms with E-state index in [1.54, 1.807) is 4.90 Å². The van der Waals surface area contributed by atoms with Gasteiger partial charge in [-0.1, -0.05) is 32.1 Å². The third-order valence-corrected chi connectivity index (χ3v) is 4.97. The number of nitrogens with zero attached hydrogens (tertiary/aromatic N) is 3. The SMILES string of the molecule is CC(=O)OOCC1CCCN(C(=O)c2sc(N=C(N)N)nc2C(C)(C)C)C1. The number of hydrogen-bond donors (Lipinski definition) is 2. The lowest BCUT2D eigenvalue weighted by Crippen LogP contribution is -2.41. The number of carbonyl (C=O) groups is 2. The fraction of sp³-hybridized carbons (Fsp3) is 0.647. The van der Waals surface area contributed by atoms with Crippen LogP contribution in [-0.4, -0.2) is 47.4 Å². The van der Waals surface area contributed by atoms with Crippen molar-refractivity contribution in [2.75, 3.05) is 19.7 Å². The normalized spacial score (nSPS) is 17.5. The minimum Gasteiger partial charge on any atom is -0.370 e. The maximum atomic E-state index is 13.2. The smallest absolute Gasteiger partial charge is 0.339 e. The van der Waals surface area contributed by atoms with Gasteiger partial charge >= 0.3 is 5.97 Å². The Morgan fingerprint density at radius 2 is 2.07 bits per heavy atom. The van der Waals surface area contributed by atoms with Gasteiger partial charge < -0.3 is 16.4 Å². The quantitative estimate of drug-likeness (QED) is 0.334. The van der Waals surface area contributed by atoms with Crippen LogP contribution in [0.15, 0.2) is 4.99 Å². The van der Waals surface area contributed by atoms with Crippen molar-refractivity contribution in [1.29, 1.82) is 0 Å². The van der Waals surface area contributed by atoms with E-state index in [1.165, 1.54) is 18.3 Å². The summed E-state index contributed by atoms with van der Waals surface area (Å²) in [5.74, 6) is -0.578. The third-order valence-electron chi connectivity index (χ3n) is 4.03. The van der Waals surface area contributed by atoms with Gasteiger partial charge in [-0.05, 0) is 12.8 Å². The predicted molar refractivity (Wildman–Crippen MR) is 103 cm³/mol. The van der Waals surface area contributed by atoms with E-state index in [-0.39, 0.29) is 29.8 Å². The molecule has 150 valence electrons. The lowest BCUT2D eigenvalue weighted by molar-refractivity contribution is -0.277. The second-order valence-corrected chi connectivity index (χ2v) is 8.56. The molecule has 0 aliphatic carbocycles. The lowest BCUT2D eigenvalue weighted by Gasteiger charge is -2.32. The van der Waals surface area contributed by atoms with Gasteiger partial charge in [0.25, 0.3) is 5.91 Å². The van der Waals surface area contributed by atoms with Crippen molar-refractivity contribution >= 4 is 34.3 Å². The largest absolute Gasteiger partial charge is 0.370 e. The Morgan fingerprint density at radius 3 is 2.67 bits per heavy atom. The Morgan fingerprint density at radius 1 is 1.37 bits per heavy atom. The molecular formula is C17H27N5O4S. The van der Waals surface area contributed by atoms with E-state index < -0.39 is 5.97 Å². The fourth-order valence-corrected chi connectivity index (χ4v) is 4.00. The molecule has 2 heterocycles. The molecule has 0 radical (unpaired) electrons. The molecule has 1 atom stereocenters. The van der Waals surface area contributed by atoms with E-state index >= 15 is 0 Å². The van der Waals surface area contributed by atoms with Crippen LogP contribution in [0.1, 0.15) is 55.9 Å². The van der Waals surface area contributed by atoms with E-state index in [9.17, 15) is 9.59 Å². The number of thiazole rings is 1. The third kappa shape index (κ3) is 5.90. The van der Waals surface area contributed by atoms with Gasteiger partial charge in [0, 0.05) is 31.3 Å². The average Bonchev–Trinajstić information content (AvgIpc) is 2.97. The Kier molecular flexibility index (Phi) is 6.77. The molecule has 0 spiro atoms. The van der Waals surface area contributed by atoms with Gasteiger partial charge in [-0.25, -0.2) is 9.78 Å². The van der Waals surface area contributed by atoms with Crippen LogP contribution in [0.25, 0.3) is 0 Å². The average molecular weight is 398 g/mol. The van der Waals surface area contributed by atoms with Gasteiger partial charge in [-0.2, -0.15) is 9.88 Å². The molecule has 0 bridgehead atoms. The molecule has 0 aromatic carbocycles. The summed E-state index contributed by atoms with van der Waals surface area (Å²) in [6.45, 7) is 8.69. The minimum atomic E-state index is -0.495. The first-order chi connectivity index (χ1) is 12.6. The first kappa shape index (κ1) is 21.1. The maximum absolute atomic E-state index is 13.2. The van der Waals surface area contributed by atoms with Crippen molar-refractivity contribution in [1.82, 2.24) is 9.88 Å². The summed E-state index contributed by atoms with van der Waals surface area (Å²) in [5, 5.41) is 0.370. The van der Waals surface area contributed by atoms with E-state index in [0.29, 0.717) is 28.8 Å². The zero-order chi connectivity index (χ0) is 20.2. The van der Waals surface area contributed by atoms with Gasteiger partial charge in [0.05, 0.1) is 12.3 Å². The van der Waals surface area contributed by atoms with Crippen molar-refractivity contribution in [2.45, 2.75) is 46.0 Å². The van der Waals surface area contributed by atoms with Crippen molar-refractivity contribution in [2.24, 2.45) is 22.4 Å². The lowest BCUT2D eigenvalue weighted by atomic mass is 9.91. The molecular weight excluding hydrogens is 370 g/mol. The summed E-state index contributed by atoms with van der Waals surface area (Å²) >= 11 is 1.19. The molecule has 9 nitrogen and oxygen atoms in total. The maximum Gasteiger partial charge on any atom is 0.339 e. The number of nitrogens with two attached hydrogens (primary N) is 2. The zero-order valence-corrected chi connectivity index (χ0v) is 17.0. The van der Waals surface area contributed by atoms with Gasteiger partial charge in [0.15, 0.2) is 5.96 Å². The number of aromatic nitrogens is 1. The summed E-state index contributed by atoms with van der Waals surface area (Å²) in [6.07, 6.45) is 1.75. The number of carbonyl (C=O) groups excluding carboxylic acids is 2. The molecule has 4 N–H and O–H groups in total. The summed E-state index contributed by atoms with van der Waals surface area (Å²) in [7, 11) is 0. The molecule has 1 saturated heterocycles. The van der Waals surface area contributed by atoms with Crippen LogP contribution in [0.2, 0.25) is 0 Å².